The van der Waals surface area contributed by atoms with Gasteiger partial charge in [0.2, 0.25) is 0 Å². The number of aryl methyl sites for hydroxylation is 1. The van der Waals surface area contributed by atoms with Crippen molar-refractivity contribution >= 4 is 18.3 Å². The molecular weight excluding hydrogens is 310 g/mol. The van der Waals surface area contributed by atoms with Crippen LogP contribution in [-0.2, 0) is 6.54 Å². The Bertz CT molecular complexity index is 623. The largest absolute Gasteiger partial charge is 0.352 e. The summed E-state index contributed by atoms with van der Waals surface area (Å²) in [7, 11) is 1.92. The van der Waals surface area contributed by atoms with Crippen molar-refractivity contribution in [1.29, 1.82) is 0 Å². The van der Waals surface area contributed by atoms with E-state index in [1.165, 1.54) is 5.56 Å². The Kier molecular flexibility index (Phi) is 7.86. The molecule has 0 atom stereocenters. The number of hydrogen-bond acceptors (Lipinski definition) is 2. The van der Waals surface area contributed by atoms with E-state index >= 15 is 0 Å². The molecule has 5 heteroatoms. The molecule has 0 saturated carbocycles. The second-order valence-electron chi connectivity index (χ2n) is 5.57. The van der Waals surface area contributed by atoms with Crippen molar-refractivity contribution in [1.82, 2.24) is 15.2 Å². The van der Waals surface area contributed by atoms with Crippen LogP contribution < -0.4 is 10.6 Å². The molecule has 0 fully saturated rings. The van der Waals surface area contributed by atoms with Crippen LogP contribution >= 0.6 is 12.4 Å². The minimum absolute atomic E-state index is 0. The zero-order chi connectivity index (χ0) is 15.9. The number of rotatable bonds is 7. The first-order valence-corrected chi connectivity index (χ1v) is 7.77. The van der Waals surface area contributed by atoms with E-state index in [0.29, 0.717) is 6.54 Å². The molecular formula is C18H26ClN3O. The van der Waals surface area contributed by atoms with Crippen LogP contribution in [-0.4, -0.2) is 30.6 Å². The maximum Gasteiger partial charge on any atom is 0.253 e. The number of aromatic nitrogens is 1. The SMILES string of the molecule is CNCCCNC(=O)c1cc(C)n(Cc2ccccc2)c1C.Cl. The van der Waals surface area contributed by atoms with Gasteiger partial charge < -0.3 is 15.2 Å². The molecule has 2 rings (SSSR count). The Balaban J connectivity index is 0.00000264. The molecule has 0 aliphatic carbocycles. The van der Waals surface area contributed by atoms with Crippen molar-refractivity contribution in [2.24, 2.45) is 0 Å². The van der Waals surface area contributed by atoms with E-state index < -0.39 is 0 Å². The van der Waals surface area contributed by atoms with Crippen LogP contribution in [0.5, 0.6) is 0 Å². The normalized spacial score (nSPS) is 10.2. The molecule has 0 aliphatic heterocycles. The molecule has 2 N–H and O–H groups in total. The third-order valence-electron chi connectivity index (χ3n) is 3.89. The van der Waals surface area contributed by atoms with Crippen molar-refractivity contribution in [3.8, 4) is 0 Å². The Labute approximate surface area is 144 Å². The fourth-order valence-corrected chi connectivity index (χ4v) is 2.60. The molecule has 0 saturated heterocycles. The molecule has 23 heavy (non-hydrogen) atoms. The molecule has 0 bridgehead atoms. The van der Waals surface area contributed by atoms with Crippen molar-refractivity contribution < 1.29 is 4.79 Å². The molecule has 4 nitrogen and oxygen atoms in total. The van der Waals surface area contributed by atoms with E-state index in [9.17, 15) is 4.79 Å². The number of halogens is 1. The molecule has 1 aromatic carbocycles. The number of carbonyl (C=O) groups is 1. The van der Waals surface area contributed by atoms with Gasteiger partial charge in [0.05, 0.1) is 5.56 Å². The van der Waals surface area contributed by atoms with E-state index in [0.717, 1.165) is 36.5 Å². The molecule has 0 aliphatic rings. The van der Waals surface area contributed by atoms with Crippen molar-refractivity contribution in [2.45, 2.75) is 26.8 Å². The first-order chi connectivity index (χ1) is 10.6. The van der Waals surface area contributed by atoms with E-state index in [-0.39, 0.29) is 18.3 Å². The van der Waals surface area contributed by atoms with E-state index in [1.54, 1.807) is 0 Å². The summed E-state index contributed by atoms with van der Waals surface area (Å²) in [6.07, 6.45) is 0.936. The zero-order valence-electron chi connectivity index (χ0n) is 14.1. The quantitative estimate of drug-likeness (QED) is 0.764. The average molecular weight is 336 g/mol. The maximum atomic E-state index is 12.3. The zero-order valence-corrected chi connectivity index (χ0v) is 14.9. The lowest BCUT2D eigenvalue weighted by molar-refractivity contribution is 0.0952. The van der Waals surface area contributed by atoms with Gasteiger partial charge in [-0.25, -0.2) is 0 Å². The Morgan fingerprint density at radius 3 is 2.48 bits per heavy atom. The Morgan fingerprint density at radius 2 is 1.83 bits per heavy atom. The van der Waals surface area contributed by atoms with Gasteiger partial charge in [-0.05, 0) is 45.5 Å². The van der Waals surface area contributed by atoms with Crippen molar-refractivity contribution in [3.05, 3.63) is 58.9 Å². The van der Waals surface area contributed by atoms with E-state index in [1.807, 2.05) is 45.2 Å². The lowest BCUT2D eigenvalue weighted by Gasteiger charge is -2.10. The molecule has 126 valence electrons. The molecule has 1 aromatic heterocycles. The second kappa shape index (κ2) is 9.38. The van der Waals surface area contributed by atoms with Gasteiger partial charge in [0.1, 0.15) is 0 Å². The van der Waals surface area contributed by atoms with Crippen LogP contribution in [0.1, 0.15) is 33.7 Å². The molecule has 2 aromatic rings. The number of benzene rings is 1. The van der Waals surface area contributed by atoms with E-state index in [2.05, 4.69) is 27.3 Å². The summed E-state index contributed by atoms with van der Waals surface area (Å²) in [4.78, 5) is 12.3. The Morgan fingerprint density at radius 1 is 1.13 bits per heavy atom. The number of hydrogen-bond donors (Lipinski definition) is 2. The fraction of sp³-hybridized carbons (Fsp3) is 0.389. The lowest BCUT2D eigenvalue weighted by atomic mass is 10.2. The standard InChI is InChI=1S/C18H25N3O.ClH/c1-14-12-17(18(22)20-11-7-10-19-3)15(2)21(14)13-16-8-5-4-6-9-16;/h4-6,8-9,12,19H,7,10-11,13H2,1-3H3,(H,20,22);1H. The average Bonchev–Trinajstić information content (AvgIpc) is 2.81. The summed E-state index contributed by atoms with van der Waals surface area (Å²) in [6, 6.07) is 12.3. The first-order valence-electron chi connectivity index (χ1n) is 7.77. The van der Waals surface area contributed by atoms with Crippen LogP contribution in [0.25, 0.3) is 0 Å². The third kappa shape index (κ3) is 5.12. The molecule has 0 radical (unpaired) electrons. The summed E-state index contributed by atoms with van der Waals surface area (Å²) in [5, 5.41) is 6.06. The van der Waals surface area contributed by atoms with Crippen LogP contribution in [0.3, 0.4) is 0 Å². The highest BCUT2D eigenvalue weighted by Gasteiger charge is 2.15. The number of nitrogens with zero attached hydrogens (tertiary/aromatic N) is 1. The topological polar surface area (TPSA) is 46.1 Å². The summed E-state index contributed by atoms with van der Waals surface area (Å²) >= 11 is 0. The minimum atomic E-state index is 0. The van der Waals surface area contributed by atoms with Gasteiger partial charge >= 0.3 is 0 Å². The first kappa shape index (κ1) is 19.3. The fourth-order valence-electron chi connectivity index (χ4n) is 2.60. The van der Waals surface area contributed by atoms with Gasteiger partial charge in [0.15, 0.2) is 0 Å². The second-order valence-corrected chi connectivity index (χ2v) is 5.57. The highest BCUT2D eigenvalue weighted by Crippen LogP contribution is 2.17. The summed E-state index contributed by atoms with van der Waals surface area (Å²) in [5.41, 5.74) is 4.15. The van der Waals surface area contributed by atoms with Crippen molar-refractivity contribution in [2.75, 3.05) is 20.1 Å². The van der Waals surface area contributed by atoms with Gasteiger partial charge in [0.25, 0.3) is 5.91 Å². The predicted molar refractivity (Wildman–Crippen MR) is 97.6 cm³/mol. The monoisotopic (exact) mass is 335 g/mol. The highest BCUT2D eigenvalue weighted by molar-refractivity contribution is 5.95. The van der Waals surface area contributed by atoms with Crippen LogP contribution in [0.2, 0.25) is 0 Å². The minimum Gasteiger partial charge on any atom is -0.352 e. The maximum absolute atomic E-state index is 12.3. The molecule has 0 unspecified atom stereocenters. The van der Waals surface area contributed by atoms with Gasteiger partial charge in [-0.15, -0.1) is 12.4 Å². The number of amides is 1. The van der Waals surface area contributed by atoms with Crippen LogP contribution in [0.4, 0.5) is 0 Å². The summed E-state index contributed by atoms with van der Waals surface area (Å²) in [6.45, 7) is 6.47. The smallest absolute Gasteiger partial charge is 0.253 e. The van der Waals surface area contributed by atoms with Crippen LogP contribution in [0, 0.1) is 13.8 Å². The number of nitrogens with one attached hydrogen (secondary N) is 2. The summed E-state index contributed by atoms with van der Waals surface area (Å²) < 4.78 is 2.19. The van der Waals surface area contributed by atoms with E-state index in [4.69, 9.17) is 0 Å². The van der Waals surface area contributed by atoms with Gasteiger partial charge in [-0.3, -0.25) is 4.79 Å². The van der Waals surface area contributed by atoms with Crippen molar-refractivity contribution in [3.63, 3.8) is 0 Å². The number of carbonyl (C=O) groups excluding carboxylic acids is 1. The van der Waals surface area contributed by atoms with Gasteiger partial charge in [0, 0.05) is 24.5 Å². The predicted octanol–water partition coefficient (Wildman–Crippen LogP) is 2.91. The van der Waals surface area contributed by atoms with Crippen LogP contribution in [0.15, 0.2) is 36.4 Å². The molecule has 1 heterocycles. The van der Waals surface area contributed by atoms with Gasteiger partial charge in [-0.1, -0.05) is 30.3 Å². The molecule has 0 spiro atoms. The highest BCUT2D eigenvalue weighted by atomic mass is 35.5. The lowest BCUT2D eigenvalue weighted by Crippen LogP contribution is -2.27. The summed E-state index contributed by atoms with van der Waals surface area (Å²) in [5.74, 6) is 0.0171. The third-order valence-corrected chi connectivity index (χ3v) is 3.89. The Hall–Kier alpha value is -1.78. The molecule has 1 amide bonds. The van der Waals surface area contributed by atoms with Gasteiger partial charge in [-0.2, -0.15) is 0 Å².